The summed E-state index contributed by atoms with van der Waals surface area (Å²) in [5.41, 5.74) is 1.91. The molecule has 0 aromatic heterocycles. The van der Waals surface area contributed by atoms with Crippen LogP contribution in [0.3, 0.4) is 0 Å². The van der Waals surface area contributed by atoms with Gasteiger partial charge in [-0.2, -0.15) is 0 Å². The van der Waals surface area contributed by atoms with Gasteiger partial charge in [-0.15, -0.1) is 0 Å². The zero-order valence-electron chi connectivity index (χ0n) is 19.5. The quantitative estimate of drug-likeness (QED) is 0.641. The smallest absolute Gasteiger partial charge is 0.228 e. The van der Waals surface area contributed by atoms with Crippen molar-refractivity contribution in [1.82, 2.24) is 9.80 Å². The molecule has 0 unspecified atom stereocenters. The van der Waals surface area contributed by atoms with Crippen LogP contribution in [0.1, 0.15) is 12.0 Å². The highest BCUT2D eigenvalue weighted by Crippen LogP contribution is 2.42. The summed E-state index contributed by atoms with van der Waals surface area (Å²) in [4.78, 5) is 31.9. The summed E-state index contributed by atoms with van der Waals surface area (Å²) < 4.78 is 16.2. The molecule has 2 saturated heterocycles. The Bertz CT molecular complexity index is 964. The molecule has 8 heteroatoms. The number of hydrogen-bond donors (Lipinski definition) is 0. The normalized spacial score (nSPS) is 19.0. The molecule has 4 rings (SSSR count). The first-order chi connectivity index (χ1) is 16.0. The highest BCUT2D eigenvalue weighted by molar-refractivity contribution is 6.00. The Morgan fingerprint density at radius 3 is 2.15 bits per heavy atom. The number of carbonyl (C=O) groups is 2. The largest absolute Gasteiger partial charge is 0.493 e. The molecule has 0 N–H and O–H groups in total. The second-order valence-corrected chi connectivity index (χ2v) is 8.38. The van der Waals surface area contributed by atoms with Gasteiger partial charge in [-0.1, -0.05) is 30.3 Å². The van der Waals surface area contributed by atoms with Crippen molar-refractivity contribution in [1.29, 1.82) is 0 Å². The highest BCUT2D eigenvalue weighted by atomic mass is 16.5. The number of benzene rings is 2. The maximum atomic E-state index is 13.2. The van der Waals surface area contributed by atoms with Crippen LogP contribution in [-0.4, -0.2) is 75.7 Å². The van der Waals surface area contributed by atoms with E-state index in [0.717, 1.165) is 19.6 Å². The molecular formula is C25H31N3O5. The Morgan fingerprint density at radius 1 is 0.939 bits per heavy atom. The van der Waals surface area contributed by atoms with Crippen LogP contribution < -0.4 is 19.1 Å². The van der Waals surface area contributed by atoms with Crippen molar-refractivity contribution < 1.29 is 23.8 Å². The third-order valence-corrected chi connectivity index (χ3v) is 6.37. The van der Waals surface area contributed by atoms with Gasteiger partial charge in [0, 0.05) is 57.8 Å². The molecule has 0 radical (unpaired) electrons. The number of methoxy groups -OCH3 is 3. The van der Waals surface area contributed by atoms with Gasteiger partial charge in [0.1, 0.15) is 0 Å². The minimum Gasteiger partial charge on any atom is -0.493 e. The van der Waals surface area contributed by atoms with Crippen LogP contribution in [0.25, 0.3) is 0 Å². The summed E-state index contributed by atoms with van der Waals surface area (Å²) in [5, 5.41) is 0. The van der Waals surface area contributed by atoms with E-state index in [9.17, 15) is 9.59 Å². The first kappa shape index (κ1) is 22.9. The molecule has 0 saturated carbocycles. The lowest BCUT2D eigenvalue weighted by molar-refractivity contribution is -0.137. The molecule has 2 fully saturated rings. The van der Waals surface area contributed by atoms with Gasteiger partial charge in [0.2, 0.25) is 17.6 Å². The lowest BCUT2D eigenvalue weighted by Gasteiger charge is -2.36. The molecular weight excluding hydrogens is 422 g/mol. The van der Waals surface area contributed by atoms with Crippen LogP contribution >= 0.6 is 0 Å². The standard InChI is InChI=1S/C25H31N3O5/c1-31-21-14-20(15-22(32-2)24(21)33-3)28-17-19(13-23(28)29)25(30)27-11-9-26(10-12-27)16-18-7-5-4-6-8-18/h4-8,14-15,19H,9-13,16-17H2,1-3H3/t19-/m1/s1. The zero-order valence-corrected chi connectivity index (χ0v) is 19.5. The van der Waals surface area contributed by atoms with E-state index in [1.54, 1.807) is 17.0 Å². The Balaban J connectivity index is 1.39. The fourth-order valence-corrected chi connectivity index (χ4v) is 4.57. The summed E-state index contributed by atoms with van der Waals surface area (Å²) in [5.74, 6) is 1.05. The Labute approximate surface area is 194 Å². The topological polar surface area (TPSA) is 71.6 Å². The number of rotatable bonds is 7. The van der Waals surface area contributed by atoms with E-state index in [1.807, 2.05) is 23.1 Å². The van der Waals surface area contributed by atoms with Gasteiger partial charge in [0.25, 0.3) is 0 Å². The summed E-state index contributed by atoms with van der Waals surface area (Å²) in [7, 11) is 4.61. The number of carbonyl (C=O) groups excluding carboxylic acids is 2. The number of amides is 2. The number of nitrogens with zero attached hydrogens (tertiary/aromatic N) is 3. The average Bonchev–Trinajstić information content (AvgIpc) is 3.25. The molecule has 176 valence electrons. The van der Waals surface area contributed by atoms with Crippen molar-refractivity contribution in [3.05, 3.63) is 48.0 Å². The van der Waals surface area contributed by atoms with Gasteiger partial charge in [0.15, 0.2) is 11.5 Å². The molecule has 2 aromatic rings. The SMILES string of the molecule is COc1cc(N2C[C@H](C(=O)N3CCN(Cc4ccccc4)CC3)CC2=O)cc(OC)c1OC. The van der Waals surface area contributed by atoms with Crippen molar-refractivity contribution in [2.45, 2.75) is 13.0 Å². The Kier molecular flexibility index (Phi) is 7.03. The van der Waals surface area contributed by atoms with Crippen LogP contribution in [-0.2, 0) is 16.1 Å². The summed E-state index contributed by atoms with van der Waals surface area (Å²) in [6.07, 6.45) is 0.208. The molecule has 0 aliphatic carbocycles. The fourth-order valence-electron chi connectivity index (χ4n) is 4.57. The predicted octanol–water partition coefficient (Wildman–Crippen LogP) is 2.41. The van der Waals surface area contributed by atoms with Crippen LogP contribution in [0.15, 0.2) is 42.5 Å². The third-order valence-electron chi connectivity index (χ3n) is 6.37. The number of hydrogen-bond acceptors (Lipinski definition) is 6. The van der Waals surface area contributed by atoms with Crippen molar-refractivity contribution in [3.8, 4) is 17.2 Å². The molecule has 2 aromatic carbocycles. The van der Waals surface area contributed by atoms with E-state index in [2.05, 4.69) is 17.0 Å². The van der Waals surface area contributed by atoms with Gasteiger partial charge in [0.05, 0.1) is 32.9 Å². The maximum absolute atomic E-state index is 13.2. The first-order valence-corrected chi connectivity index (χ1v) is 11.2. The molecule has 0 bridgehead atoms. The van der Waals surface area contributed by atoms with E-state index in [1.165, 1.54) is 26.9 Å². The molecule has 1 atom stereocenters. The predicted molar refractivity (Wildman–Crippen MR) is 125 cm³/mol. The summed E-state index contributed by atoms with van der Waals surface area (Å²) in [6, 6.07) is 13.9. The van der Waals surface area contributed by atoms with Crippen LogP contribution in [0.5, 0.6) is 17.2 Å². The molecule has 2 aliphatic heterocycles. The van der Waals surface area contributed by atoms with Gasteiger partial charge in [-0.05, 0) is 5.56 Å². The number of piperazine rings is 1. The van der Waals surface area contributed by atoms with Crippen molar-refractivity contribution in [2.75, 3.05) is 59.0 Å². The maximum Gasteiger partial charge on any atom is 0.228 e. The summed E-state index contributed by atoms with van der Waals surface area (Å²) in [6.45, 7) is 4.26. The first-order valence-electron chi connectivity index (χ1n) is 11.2. The van der Waals surface area contributed by atoms with Gasteiger partial charge >= 0.3 is 0 Å². The Morgan fingerprint density at radius 2 is 1.58 bits per heavy atom. The minimum absolute atomic E-state index is 0.0534. The molecule has 2 heterocycles. The second-order valence-electron chi connectivity index (χ2n) is 8.38. The van der Waals surface area contributed by atoms with Crippen molar-refractivity contribution >= 4 is 17.5 Å². The van der Waals surface area contributed by atoms with E-state index in [4.69, 9.17) is 14.2 Å². The average molecular weight is 454 g/mol. The fraction of sp³-hybridized carbons (Fsp3) is 0.440. The molecule has 0 spiro atoms. The molecule has 33 heavy (non-hydrogen) atoms. The van der Waals surface area contributed by atoms with E-state index in [-0.39, 0.29) is 24.2 Å². The second kappa shape index (κ2) is 10.1. The van der Waals surface area contributed by atoms with Gasteiger partial charge in [-0.25, -0.2) is 0 Å². The minimum atomic E-state index is -0.350. The van der Waals surface area contributed by atoms with E-state index >= 15 is 0 Å². The van der Waals surface area contributed by atoms with Gasteiger partial charge in [-0.3, -0.25) is 14.5 Å². The monoisotopic (exact) mass is 453 g/mol. The van der Waals surface area contributed by atoms with Crippen LogP contribution in [0.4, 0.5) is 5.69 Å². The third kappa shape index (κ3) is 4.90. The lowest BCUT2D eigenvalue weighted by Crippen LogP contribution is -2.50. The van der Waals surface area contributed by atoms with E-state index in [0.29, 0.717) is 42.6 Å². The zero-order chi connectivity index (χ0) is 23.4. The number of anilines is 1. The van der Waals surface area contributed by atoms with Crippen molar-refractivity contribution in [2.24, 2.45) is 5.92 Å². The van der Waals surface area contributed by atoms with Gasteiger partial charge < -0.3 is 24.0 Å². The Hall–Kier alpha value is -3.26. The number of ether oxygens (including phenoxy) is 3. The lowest BCUT2D eigenvalue weighted by atomic mass is 10.1. The van der Waals surface area contributed by atoms with E-state index < -0.39 is 0 Å². The summed E-state index contributed by atoms with van der Waals surface area (Å²) >= 11 is 0. The molecule has 2 amide bonds. The van der Waals surface area contributed by atoms with Crippen LogP contribution in [0, 0.1) is 5.92 Å². The highest BCUT2D eigenvalue weighted by Gasteiger charge is 2.38. The molecule has 2 aliphatic rings. The van der Waals surface area contributed by atoms with Crippen LogP contribution in [0.2, 0.25) is 0 Å². The molecule has 8 nitrogen and oxygen atoms in total. The van der Waals surface area contributed by atoms with Crippen molar-refractivity contribution in [3.63, 3.8) is 0 Å².